The number of rotatable bonds is 8. The lowest BCUT2D eigenvalue weighted by Gasteiger charge is -2.20. The molecule has 5 heteroatoms. The lowest BCUT2D eigenvalue weighted by atomic mass is 10.1. The number of carbonyl (C=O) groups excluding carboxylic acids is 2. The maximum Gasteiger partial charge on any atom is 0.251 e. The fourth-order valence-corrected chi connectivity index (χ4v) is 3.11. The zero-order valence-corrected chi connectivity index (χ0v) is 17.2. The summed E-state index contributed by atoms with van der Waals surface area (Å²) in [6.07, 6.45) is 0.926. The summed E-state index contributed by atoms with van der Waals surface area (Å²) in [5.41, 5.74) is 3.22. The Morgan fingerprint density at radius 3 is 2.03 bits per heavy atom. The van der Waals surface area contributed by atoms with Crippen LogP contribution in [0.5, 0.6) is 5.75 Å². The van der Waals surface area contributed by atoms with Crippen molar-refractivity contribution in [2.45, 2.75) is 19.4 Å². The minimum Gasteiger partial charge on any atom is -0.497 e. The van der Waals surface area contributed by atoms with E-state index in [1.54, 1.807) is 31.4 Å². The summed E-state index contributed by atoms with van der Waals surface area (Å²) in [6.45, 7) is 2.35. The van der Waals surface area contributed by atoms with E-state index in [9.17, 15) is 9.59 Å². The van der Waals surface area contributed by atoms with Gasteiger partial charge in [0.1, 0.15) is 5.75 Å². The summed E-state index contributed by atoms with van der Waals surface area (Å²) < 4.78 is 5.14. The van der Waals surface area contributed by atoms with Crippen molar-refractivity contribution in [3.8, 4) is 5.75 Å². The molecule has 154 valence electrons. The zero-order valence-electron chi connectivity index (χ0n) is 17.2. The van der Waals surface area contributed by atoms with Gasteiger partial charge in [0, 0.05) is 17.7 Å². The van der Waals surface area contributed by atoms with E-state index in [-0.39, 0.29) is 24.4 Å². The molecule has 0 fully saturated rings. The highest BCUT2D eigenvalue weighted by Crippen LogP contribution is 2.15. The minimum absolute atomic E-state index is 0.169. The molecule has 3 aromatic rings. The summed E-state index contributed by atoms with van der Waals surface area (Å²) in [5.74, 6) is 0.304. The molecule has 2 N–H and O–H groups in total. The van der Waals surface area contributed by atoms with Crippen LogP contribution >= 0.6 is 0 Å². The maximum absolute atomic E-state index is 12.7. The number of amides is 2. The van der Waals surface area contributed by atoms with E-state index in [1.165, 1.54) is 5.56 Å². The van der Waals surface area contributed by atoms with E-state index in [0.29, 0.717) is 16.9 Å². The molecule has 0 unspecified atom stereocenters. The normalized spacial score (nSPS) is 11.4. The van der Waals surface area contributed by atoms with Gasteiger partial charge in [-0.25, -0.2) is 0 Å². The maximum atomic E-state index is 12.7. The molecule has 0 aliphatic rings. The van der Waals surface area contributed by atoms with Gasteiger partial charge >= 0.3 is 0 Å². The zero-order chi connectivity index (χ0) is 21.3. The first-order chi connectivity index (χ1) is 14.6. The van der Waals surface area contributed by atoms with Crippen LogP contribution in [0.25, 0.3) is 0 Å². The van der Waals surface area contributed by atoms with Gasteiger partial charge in [-0.15, -0.1) is 0 Å². The van der Waals surface area contributed by atoms with Gasteiger partial charge in [0.2, 0.25) is 0 Å². The quantitative estimate of drug-likeness (QED) is 0.595. The summed E-state index contributed by atoms with van der Waals surface area (Å²) in [5, 5.41) is 5.95. The first-order valence-electron chi connectivity index (χ1n) is 9.97. The summed E-state index contributed by atoms with van der Waals surface area (Å²) in [6, 6.07) is 23.7. The molecule has 0 saturated heterocycles. The molecule has 1 atom stereocenters. The Morgan fingerprint density at radius 2 is 1.43 bits per heavy atom. The topological polar surface area (TPSA) is 67.4 Å². The van der Waals surface area contributed by atoms with Crippen LogP contribution in [0.2, 0.25) is 0 Å². The monoisotopic (exact) mass is 402 g/mol. The number of methoxy groups -OCH3 is 1. The van der Waals surface area contributed by atoms with E-state index in [1.807, 2.05) is 54.6 Å². The van der Waals surface area contributed by atoms with Crippen LogP contribution in [0, 0.1) is 0 Å². The van der Waals surface area contributed by atoms with Crippen molar-refractivity contribution in [3.05, 3.63) is 101 Å². The van der Waals surface area contributed by atoms with Gasteiger partial charge in [0.05, 0.1) is 13.2 Å². The number of carbonyl (C=O) groups is 2. The highest BCUT2D eigenvalue weighted by atomic mass is 16.5. The van der Waals surface area contributed by atoms with Crippen molar-refractivity contribution in [1.29, 1.82) is 0 Å². The molecule has 0 bridgehead atoms. The average Bonchev–Trinajstić information content (AvgIpc) is 2.82. The molecule has 0 aliphatic carbocycles. The standard InChI is InChI=1S/C25H26N2O3/c1-3-18-9-11-20(12-10-18)24(28)26-17-23(19-7-5-4-6-8-19)27-25(29)21-13-15-22(30-2)16-14-21/h4-16,23H,3,17H2,1-2H3,(H,26,28)(H,27,29)/t23-/m0/s1. The lowest BCUT2D eigenvalue weighted by Crippen LogP contribution is -2.38. The van der Waals surface area contributed by atoms with Gasteiger partial charge in [0.15, 0.2) is 0 Å². The largest absolute Gasteiger partial charge is 0.497 e. The Kier molecular flexibility index (Phi) is 7.22. The van der Waals surface area contributed by atoms with Crippen LogP contribution < -0.4 is 15.4 Å². The molecule has 5 nitrogen and oxygen atoms in total. The third-order valence-electron chi connectivity index (χ3n) is 4.95. The molecule has 0 aliphatic heterocycles. The molecular weight excluding hydrogens is 376 g/mol. The van der Waals surface area contributed by atoms with Gasteiger partial charge in [-0.3, -0.25) is 9.59 Å². The van der Waals surface area contributed by atoms with Gasteiger partial charge in [-0.05, 0) is 53.9 Å². The van der Waals surface area contributed by atoms with Crippen LogP contribution in [-0.2, 0) is 6.42 Å². The first-order valence-corrected chi connectivity index (χ1v) is 9.97. The van der Waals surface area contributed by atoms with Crippen LogP contribution in [0.4, 0.5) is 0 Å². The smallest absolute Gasteiger partial charge is 0.251 e. The summed E-state index contributed by atoms with van der Waals surface area (Å²) >= 11 is 0. The molecule has 30 heavy (non-hydrogen) atoms. The number of benzene rings is 3. The number of hydrogen-bond donors (Lipinski definition) is 2. The molecular formula is C25H26N2O3. The Labute approximate surface area is 177 Å². The number of hydrogen-bond acceptors (Lipinski definition) is 3. The van der Waals surface area contributed by atoms with Gasteiger partial charge in [0.25, 0.3) is 11.8 Å². The van der Waals surface area contributed by atoms with Crippen molar-refractivity contribution in [3.63, 3.8) is 0 Å². The average molecular weight is 402 g/mol. The summed E-state index contributed by atoms with van der Waals surface area (Å²) in [7, 11) is 1.58. The second-order valence-corrected chi connectivity index (χ2v) is 6.93. The first kappa shape index (κ1) is 21.1. The van der Waals surface area contributed by atoms with Crippen molar-refractivity contribution in [1.82, 2.24) is 10.6 Å². The minimum atomic E-state index is -0.361. The van der Waals surface area contributed by atoms with Crippen LogP contribution in [-0.4, -0.2) is 25.5 Å². The van der Waals surface area contributed by atoms with Crippen LogP contribution in [0.3, 0.4) is 0 Å². The Hall–Kier alpha value is -3.60. The van der Waals surface area contributed by atoms with Crippen molar-refractivity contribution >= 4 is 11.8 Å². The van der Waals surface area contributed by atoms with E-state index in [4.69, 9.17) is 4.74 Å². The van der Waals surface area contributed by atoms with Crippen LogP contribution in [0.15, 0.2) is 78.9 Å². The SMILES string of the molecule is CCc1ccc(C(=O)NC[C@H](NC(=O)c2ccc(OC)cc2)c2ccccc2)cc1. The van der Waals surface area contributed by atoms with Crippen molar-refractivity contribution < 1.29 is 14.3 Å². The van der Waals surface area contributed by atoms with Crippen molar-refractivity contribution in [2.75, 3.05) is 13.7 Å². The van der Waals surface area contributed by atoms with Crippen LogP contribution in [0.1, 0.15) is 44.8 Å². The van der Waals surface area contributed by atoms with E-state index in [2.05, 4.69) is 17.6 Å². The molecule has 0 saturated carbocycles. The number of aryl methyl sites for hydroxylation is 1. The molecule has 3 rings (SSSR count). The highest BCUT2D eigenvalue weighted by Gasteiger charge is 2.17. The van der Waals surface area contributed by atoms with Crippen molar-refractivity contribution in [2.24, 2.45) is 0 Å². The molecule has 0 spiro atoms. The Bertz CT molecular complexity index is 968. The highest BCUT2D eigenvalue weighted by molar-refractivity contribution is 5.95. The van der Waals surface area contributed by atoms with Gasteiger partial charge < -0.3 is 15.4 Å². The predicted molar refractivity (Wildman–Crippen MR) is 118 cm³/mol. The van der Waals surface area contributed by atoms with E-state index >= 15 is 0 Å². The molecule has 0 heterocycles. The molecule has 3 aromatic carbocycles. The lowest BCUT2D eigenvalue weighted by molar-refractivity contribution is 0.0908. The second-order valence-electron chi connectivity index (χ2n) is 6.93. The second kappa shape index (κ2) is 10.3. The number of nitrogens with one attached hydrogen (secondary N) is 2. The molecule has 0 aromatic heterocycles. The van der Waals surface area contributed by atoms with Gasteiger partial charge in [-0.1, -0.05) is 49.4 Å². The van der Waals surface area contributed by atoms with E-state index < -0.39 is 0 Å². The van der Waals surface area contributed by atoms with E-state index in [0.717, 1.165) is 12.0 Å². The van der Waals surface area contributed by atoms with Gasteiger partial charge in [-0.2, -0.15) is 0 Å². The third-order valence-corrected chi connectivity index (χ3v) is 4.95. The Balaban J connectivity index is 1.70. The fraction of sp³-hybridized carbons (Fsp3) is 0.200. The number of ether oxygens (including phenoxy) is 1. The third kappa shape index (κ3) is 5.47. The Morgan fingerprint density at radius 1 is 0.833 bits per heavy atom. The fourth-order valence-electron chi connectivity index (χ4n) is 3.11. The molecule has 0 radical (unpaired) electrons. The summed E-state index contributed by atoms with van der Waals surface area (Å²) in [4.78, 5) is 25.3. The predicted octanol–water partition coefficient (Wildman–Crippen LogP) is 4.16. The molecule has 2 amide bonds.